The van der Waals surface area contributed by atoms with Gasteiger partial charge in [-0.25, -0.2) is 4.79 Å². The minimum Gasteiger partial charge on any atom is -0.444 e. The fourth-order valence-corrected chi connectivity index (χ4v) is 2.28. The summed E-state index contributed by atoms with van der Waals surface area (Å²) in [6.07, 6.45) is -0.544. The molecule has 0 unspecified atom stereocenters. The first kappa shape index (κ1) is 13.9. The molecule has 5 heteroatoms. The summed E-state index contributed by atoms with van der Waals surface area (Å²) in [6.45, 7) is 0.217. The highest BCUT2D eigenvalue weighted by Gasteiger charge is 2.09. The average molecular weight is 341 g/mol. The van der Waals surface area contributed by atoms with Gasteiger partial charge in [-0.15, -0.1) is 0 Å². The number of ether oxygens (including phenoxy) is 1. The Bertz CT molecular complexity index is 555. The largest absolute Gasteiger partial charge is 0.444 e. The van der Waals surface area contributed by atoms with Gasteiger partial charge in [0.15, 0.2) is 0 Å². The van der Waals surface area contributed by atoms with Crippen molar-refractivity contribution < 1.29 is 9.53 Å². The highest BCUT2D eigenvalue weighted by molar-refractivity contribution is 9.10. The zero-order valence-electron chi connectivity index (χ0n) is 9.90. The maximum absolute atomic E-state index is 11.7. The zero-order valence-corrected chi connectivity index (χ0v) is 12.2. The second-order valence-corrected chi connectivity index (χ2v) is 5.04. The van der Waals surface area contributed by atoms with Crippen LogP contribution in [0, 0.1) is 0 Å². The van der Waals surface area contributed by atoms with Crippen LogP contribution in [0.4, 0.5) is 10.5 Å². The van der Waals surface area contributed by atoms with E-state index in [1.54, 1.807) is 18.2 Å². The second kappa shape index (κ2) is 6.59. The van der Waals surface area contributed by atoms with Gasteiger partial charge in [0.2, 0.25) is 0 Å². The molecule has 0 heterocycles. The van der Waals surface area contributed by atoms with Gasteiger partial charge in [-0.05, 0) is 33.6 Å². The number of benzene rings is 2. The highest BCUT2D eigenvalue weighted by atomic mass is 79.9. The maximum Gasteiger partial charge on any atom is 0.412 e. The van der Waals surface area contributed by atoms with Crippen LogP contribution in [0.5, 0.6) is 0 Å². The summed E-state index contributed by atoms with van der Waals surface area (Å²) < 4.78 is 5.82. The number of halogens is 2. The average Bonchev–Trinajstić information content (AvgIpc) is 2.42. The van der Waals surface area contributed by atoms with Crippen molar-refractivity contribution in [3.8, 4) is 0 Å². The highest BCUT2D eigenvalue weighted by Crippen LogP contribution is 2.30. The molecule has 2 aromatic carbocycles. The van der Waals surface area contributed by atoms with Crippen LogP contribution in [-0.2, 0) is 11.3 Å². The summed E-state index contributed by atoms with van der Waals surface area (Å²) in [5.41, 5.74) is 1.43. The predicted octanol–water partition coefficient (Wildman–Crippen LogP) is 4.85. The Labute approximate surface area is 124 Å². The molecule has 0 aliphatic heterocycles. The van der Waals surface area contributed by atoms with E-state index in [9.17, 15) is 4.79 Å². The first-order chi connectivity index (χ1) is 9.16. The zero-order chi connectivity index (χ0) is 13.7. The summed E-state index contributed by atoms with van der Waals surface area (Å²) in [4.78, 5) is 11.7. The van der Waals surface area contributed by atoms with E-state index in [4.69, 9.17) is 16.3 Å². The van der Waals surface area contributed by atoms with E-state index >= 15 is 0 Å². The Kier molecular flexibility index (Phi) is 4.82. The van der Waals surface area contributed by atoms with E-state index in [2.05, 4.69) is 21.2 Å². The van der Waals surface area contributed by atoms with Crippen molar-refractivity contribution in [2.75, 3.05) is 5.32 Å². The molecule has 0 saturated carbocycles. The SMILES string of the molecule is O=C(Nc1c(Cl)cccc1Br)OCc1ccccc1. The first-order valence-electron chi connectivity index (χ1n) is 5.58. The third kappa shape index (κ3) is 3.98. The predicted molar refractivity (Wildman–Crippen MR) is 79.4 cm³/mol. The first-order valence-corrected chi connectivity index (χ1v) is 6.75. The quantitative estimate of drug-likeness (QED) is 0.867. The Morgan fingerprint density at radius 3 is 2.58 bits per heavy atom. The van der Waals surface area contributed by atoms with Crippen molar-refractivity contribution in [1.82, 2.24) is 0 Å². The van der Waals surface area contributed by atoms with Crippen LogP contribution < -0.4 is 5.32 Å². The lowest BCUT2D eigenvalue weighted by molar-refractivity contribution is 0.155. The summed E-state index contributed by atoms with van der Waals surface area (Å²) in [5, 5.41) is 3.06. The molecule has 0 saturated heterocycles. The molecule has 19 heavy (non-hydrogen) atoms. The Morgan fingerprint density at radius 2 is 1.89 bits per heavy atom. The van der Waals surface area contributed by atoms with E-state index in [1.807, 2.05) is 30.3 Å². The molecule has 1 N–H and O–H groups in total. The number of nitrogens with one attached hydrogen (secondary N) is 1. The Hall–Kier alpha value is -1.52. The third-order valence-corrected chi connectivity index (χ3v) is 3.38. The fraction of sp³-hybridized carbons (Fsp3) is 0.0714. The van der Waals surface area contributed by atoms with Crippen LogP contribution in [0.1, 0.15) is 5.56 Å². The maximum atomic E-state index is 11.7. The molecule has 3 nitrogen and oxygen atoms in total. The molecular formula is C14H11BrClNO2. The van der Waals surface area contributed by atoms with Gasteiger partial charge in [0.05, 0.1) is 10.7 Å². The minimum atomic E-state index is -0.544. The molecule has 1 amide bonds. The van der Waals surface area contributed by atoms with Gasteiger partial charge in [-0.1, -0.05) is 48.0 Å². The van der Waals surface area contributed by atoms with Crippen molar-refractivity contribution in [2.24, 2.45) is 0 Å². The second-order valence-electron chi connectivity index (χ2n) is 3.78. The van der Waals surface area contributed by atoms with Crippen LogP contribution in [0.3, 0.4) is 0 Å². The normalized spacial score (nSPS) is 10.0. The number of amides is 1. The lowest BCUT2D eigenvalue weighted by Gasteiger charge is -2.10. The van der Waals surface area contributed by atoms with Gasteiger partial charge in [-0.3, -0.25) is 5.32 Å². The van der Waals surface area contributed by atoms with Gasteiger partial charge in [-0.2, -0.15) is 0 Å². The topological polar surface area (TPSA) is 38.3 Å². The van der Waals surface area contributed by atoms with E-state index in [0.717, 1.165) is 5.56 Å². The van der Waals surface area contributed by atoms with E-state index in [1.165, 1.54) is 0 Å². The fourth-order valence-electron chi connectivity index (χ4n) is 1.48. The number of rotatable bonds is 3. The monoisotopic (exact) mass is 339 g/mol. The summed E-state index contributed by atoms with van der Waals surface area (Å²) in [6, 6.07) is 14.7. The van der Waals surface area contributed by atoms with Gasteiger partial charge >= 0.3 is 6.09 Å². The molecule has 0 atom stereocenters. The van der Waals surface area contributed by atoms with Crippen LogP contribution >= 0.6 is 27.5 Å². The lowest BCUT2D eigenvalue weighted by atomic mass is 10.2. The molecule has 0 fully saturated rings. The Balaban J connectivity index is 1.95. The summed E-state index contributed by atoms with van der Waals surface area (Å²) in [5.74, 6) is 0. The van der Waals surface area contributed by atoms with Crippen molar-refractivity contribution in [3.05, 3.63) is 63.6 Å². The number of hydrogen-bond donors (Lipinski definition) is 1. The van der Waals surface area contributed by atoms with Gasteiger partial charge < -0.3 is 4.74 Å². The van der Waals surface area contributed by atoms with Crippen LogP contribution in [0.2, 0.25) is 5.02 Å². The van der Waals surface area contributed by atoms with Crippen molar-refractivity contribution in [3.63, 3.8) is 0 Å². The molecular weight excluding hydrogens is 330 g/mol. The smallest absolute Gasteiger partial charge is 0.412 e. The number of carbonyl (C=O) groups excluding carboxylic acids is 1. The summed E-state index contributed by atoms with van der Waals surface area (Å²) in [7, 11) is 0. The number of para-hydroxylation sites is 1. The van der Waals surface area contributed by atoms with Crippen LogP contribution in [0.15, 0.2) is 53.0 Å². The molecule has 98 valence electrons. The van der Waals surface area contributed by atoms with Gasteiger partial charge in [0.25, 0.3) is 0 Å². The van der Waals surface area contributed by atoms with Gasteiger partial charge in [0.1, 0.15) is 6.61 Å². The van der Waals surface area contributed by atoms with E-state index in [-0.39, 0.29) is 6.61 Å². The van der Waals surface area contributed by atoms with Gasteiger partial charge in [0, 0.05) is 4.47 Å². The van der Waals surface area contributed by atoms with Crippen LogP contribution in [-0.4, -0.2) is 6.09 Å². The molecule has 0 spiro atoms. The molecule has 0 radical (unpaired) electrons. The van der Waals surface area contributed by atoms with E-state index in [0.29, 0.717) is 15.2 Å². The van der Waals surface area contributed by atoms with Crippen molar-refractivity contribution in [2.45, 2.75) is 6.61 Å². The third-order valence-electron chi connectivity index (χ3n) is 2.40. The van der Waals surface area contributed by atoms with Crippen molar-refractivity contribution >= 4 is 39.3 Å². The molecule has 2 rings (SSSR count). The van der Waals surface area contributed by atoms with E-state index < -0.39 is 6.09 Å². The standard InChI is InChI=1S/C14H11BrClNO2/c15-11-7-4-8-12(16)13(11)17-14(18)19-9-10-5-2-1-3-6-10/h1-8H,9H2,(H,17,18). The minimum absolute atomic E-state index is 0.217. The molecule has 0 aliphatic carbocycles. The molecule has 0 aliphatic rings. The molecule has 2 aromatic rings. The number of hydrogen-bond acceptors (Lipinski definition) is 2. The van der Waals surface area contributed by atoms with Crippen molar-refractivity contribution in [1.29, 1.82) is 0 Å². The lowest BCUT2D eigenvalue weighted by Crippen LogP contribution is -2.14. The molecule has 0 bridgehead atoms. The Morgan fingerprint density at radius 1 is 1.16 bits per heavy atom. The summed E-state index contributed by atoms with van der Waals surface area (Å²) >= 11 is 9.31. The number of anilines is 1. The van der Waals surface area contributed by atoms with Crippen LogP contribution in [0.25, 0.3) is 0 Å². The number of carbonyl (C=O) groups is 1. The molecule has 0 aromatic heterocycles.